The van der Waals surface area contributed by atoms with E-state index in [4.69, 9.17) is 30.5 Å². The van der Waals surface area contributed by atoms with Gasteiger partial charge in [0.1, 0.15) is 42.5 Å². The van der Waals surface area contributed by atoms with Gasteiger partial charge >= 0.3 is 5.97 Å². The van der Waals surface area contributed by atoms with Crippen LogP contribution in [0.5, 0.6) is 17.2 Å². The van der Waals surface area contributed by atoms with Gasteiger partial charge < -0.3 is 28.7 Å². The molecule has 2 aliphatic carbocycles. The second-order valence-electron chi connectivity index (χ2n) is 15.2. The molecule has 2 saturated carbocycles. The average molecular weight is 767 g/mol. The van der Waals surface area contributed by atoms with Crippen LogP contribution in [-0.4, -0.2) is 71.4 Å². The largest absolute Gasteiger partial charge is 0.497 e. The minimum Gasteiger partial charge on any atom is -0.497 e. The van der Waals surface area contributed by atoms with Crippen LogP contribution in [0, 0.1) is 16.7 Å². The monoisotopic (exact) mass is 766 g/mol. The Morgan fingerprint density at radius 3 is 2.57 bits per heavy atom. The number of amides is 2. The molecule has 1 spiro atoms. The zero-order valence-corrected chi connectivity index (χ0v) is 31.5. The van der Waals surface area contributed by atoms with Crippen molar-refractivity contribution in [1.82, 2.24) is 19.8 Å². The number of ether oxygens (including phenoxy) is 4. The van der Waals surface area contributed by atoms with Crippen LogP contribution in [0.2, 0.25) is 5.02 Å². The fourth-order valence-electron chi connectivity index (χ4n) is 8.51. The average Bonchev–Trinajstić information content (AvgIpc) is 3.86. The van der Waals surface area contributed by atoms with Gasteiger partial charge in [0.2, 0.25) is 11.8 Å². The number of carbonyl (C=O) groups is 3. The third-order valence-electron chi connectivity index (χ3n) is 11.8. The van der Waals surface area contributed by atoms with Crippen molar-refractivity contribution < 1.29 is 42.1 Å². The van der Waals surface area contributed by atoms with Gasteiger partial charge in [-0.15, -0.1) is 0 Å². The summed E-state index contributed by atoms with van der Waals surface area (Å²) < 4.78 is 50.6. The summed E-state index contributed by atoms with van der Waals surface area (Å²) in [5, 5.41) is 0.484. The van der Waals surface area contributed by atoms with Crippen LogP contribution in [0.1, 0.15) is 92.3 Å². The van der Waals surface area contributed by atoms with E-state index in [9.17, 15) is 18.4 Å². The minimum atomic E-state index is -2.82. The molecule has 0 unspecified atom stereocenters. The van der Waals surface area contributed by atoms with Gasteiger partial charge in [0.05, 0.1) is 31.6 Å². The van der Waals surface area contributed by atoms with E-state index in [-0.39, 0.29) is 42.6 Å². The van der Waals surface area contributed by atoms with E-state index in [0.717, 1.165) is 37.6 Å². The zero-order valence-electron chi connectivity index (χ0n) is 30.7. The van der Waals surface area contributed by atoms with Crippen molar-refractivity contribution in [3.8, 4) is 17.2 Å². The first-order valence-electron chi connectivity index (χ1n) is 18.4. The highest BCUT2D eigenvalue weighted by Gasteiger charge is 2.54. The fraction of sp³-hybridized carbons (Fsp3) is 0.525. The maximum atomic E-state index is 15.0. The summed E-state index contributed by atoms with van der Waals surface area (Å²) in [5.41, 5.74) is 0.639. The SMILES string of the molecule is COc1ccc(COC(=O)[C@@]2(C)CCCC[C@H]2C(=O)N2CCc3c(Cl)ccc(OCc4cncnc4C(F)F)c3[C@H]2CN2CC3(CC3)CC2=O)c(OC)c1. The number of hydrogen-bond acceptors (Lipinski definition) is 9. The van der Waals surface area contributed by atoms with E-state index in [1.165, 1.54) is 13.3 Å². The van der Waals surface area contributed by atoms with Crippen molar-refractivity contribution in [1.29, 1.82) is 0 Å². The minimum absolute atomic E-state index is 0.0195. The van der Waals surface area contributed by atoms with Crippen LogP contribution in [0.25, 0.3) is 0 Å². The van der Waals surface area contributed by atoms with Crippen LogP contribution in [0.3, 0.4) is 0 Å². The Kier molecular flexibility index (Phi) is 10.7. The molecule has 288 valence electrons. The second-order valence-corrected chi connectivity index (χ2v) is 15.6. The lowest BCUT2D eigenvalue weighted by Crippen LogP contribution is -2.53. The van der Waals surface area contributed by atoms with Crippen molar-refractivity contribution in [3.05, 3.63) is 75.8 Å². The maximum Gasteiger partial charge on any atom is 0.312 e. The van der Waals surface area contributed by atoms with Gasteiger partial charge in [-0.3, -0.25) is 14.4 Å². The predicted molar refractivity (Wildman–Crippen MR) is 193 cm³/mol. The third kappa shape index (κ3) is 7.31. The first kappa shape index (κ1) is 37.8. The van der Waals surface area contributed by atoms with Crippen molar-refractivity contribution in [2.24, 2.45) is 16.7 Å². The number of nitrogens with zero attached hydrogens (tertiary/aromatic N) is 4. The Morgan fingerprint density at radius 2 is 1.85 bits per heavy atom. The van der Waals surface area contributed by atoms with E-state index in [1.54, 1.807) is 42.3 Å². The topological polar surface area (TPSA) is 120 Å². The number of benzene rings is 2. The number of alkyl halides is 2. The third-order valence-corrected chi connectivity index (χ3v) is 12.2. The Bertz CT molecular complexity index is 1930. The maximum absolute atomic E-state index is 15.0. The van der Waals surface area contributed by atoms with Gasteiger partial charge in [-0.25, -0.2) is 18.7 Å². The number of hydrogen-bond donors (Lipinski definition) is 0. The molecule has 4 aliphatic rings. The summed E-state index contributed by atoms with van der Waals surface area (Å²) in [7, 11) is 3.09. The van der Waals surface area contributed by atoms with Crippen molar-refractivity contribution >= 4 is 29.4 Å². The lowest BCUT2D eigenvalue weighted by atomic mass is 9.66. The number of aromatic nitrogens is 2. The van der Waals surface area contributed by atoms with Crippen LogP contribution in [0.4, 0.5) is 8.78 Å². The molecule has 7 rings (SSSR count). The van der Waals surface area contributed by atoms with Crippen LogP contribution >= 0.6 is 11.6 Å². The lowest BCUT2D eigenvalue weighted by Gasteiger charge is -2.45. The van der Waals surface area contributed by atoms with Crippen molar-refractivity contribution in [2.75, 3.05) is 33.9 Å². The van der Waals surface area contributed by atoms with Crippen LogP contribution < -0.4 is 14.2 Å². The summed E-state index contributed by atoms with van der Waals surface area (Å²) in [4.78, 5) is 53.8. The number of likely N-dealkylation sites (tertiary alicyclic amines) is 1. The van der Waals surface area contributed by atoms with E-state index < -0.39 is 35.5 Å². The highest BCUT2D eigenvalue weighted by molar-refractivity contribution is 6.31. The summed E-state index contributed by atoms with van der Waals surface area (Å²) >= 11 is 6.81. The molecule has 3 fully saturated rings. The predicted octanol–water partition coefficient (Wildman–Crippen LogP) is 7.04. The number of methoxy groups -OCH3 is 2. The molecule has 2 aliphatic heterocycles. The van der Waals surface area contributed by atoms with E-state index in [2.05, 4.69) is 9.97 Å². The van der Waals surface area contributed by atoms with Crippen LogP contribution in [0.15, 0.2) is 42.9 Å². The Labute approximate surface area is 318 Å². The molecule has 3 heterocycles. The number of esters is 1. The molecule has 54 heavy (non-hydrogen) atoms. The molecule has 2 amide bonds. The van der Waals surface area contributed by atoms with Gasteiger partial charge in [0, 0.05) is 60.0 Å². The van der Waals surface area contributed by atoms with Crippen molar-refractivity contribution in [2.45, 2.75) is 84.0 Å². The summed E-state index contributed by atoms with van der Waals surface area (Å²) in [6.07, 6.45) is 4.85. The van der Waals surface area contributed by atoms with Gasteiger partial charge in [0.15, 0.2) is 0 Å². The Hall–Kier alpha value is -4.52. The molecular weight excluding hydrogens is 722 g/mol. The summed E-state index contributed by atoms with van der Waals surface area (Å²) in [5.74, 6) is 0.154. The molecule has 3 aromatic rings. The second kappa shape index (κ2) is 15.3. The number of fused-ring (bicyclic) bond motifs is 1. The molecule has 0 radical (unpaired) electrons. The number of rotatable bonds is 12. The Morgan fingerprint density at radius 1 is 1.04 bits per heavy atom. The normalized spacial score (nSPS) is 23.0. The lowest BCUT2D eigenvalue weighted by molar-refractivity contribution is -0.169. The summed E-state index contributed by atoms with van der Waals surface area (Å²) in [6, 6.07) is 7.98. The van der Waals surface area contributed by atoms with Gasteiger partial charge in [-0.2, -0.15) is 0 Å². The first-order valence-corrected chi connectivity index (χ1v) is 18.8. The van der Waals surface area contributed by atoms with Gasteiger partial charge in [0.25, 0.3) is 6.43 Å². The molecular formula is C40H45ClF2N4O7. The molecule has 2 aromatic carbocycles. The molecule has 0 bridgehead atoms. The van der Waals surface area contributed by atoms with E-state index >= 15 is 4.79 Å². The highest BCUT2D eigenvalue weighted by atomic mass is 35.5. The van der Waals surface area contributed by atoms with Crippen LogP contribution in [-0.2, 0) is 38.8 Å². The molecule has 1 saturated heterocycles. The fourth-order valence-corrected chi connectivity index (χ4v) is 8.77. The zero-order chi connectivity index (χ0) is 38.2. The first-order chi connectivity index (χ1) is 26.0. The van der Waals surface area contributed by atoms with Crippen molar-refractivity contribution in [3.63, 3.8) is 0 Å². The van der Waals surface area contributed by atoms with Gasteiger partial charge in [-0.1, -0.05) is 24.4 Å². The smallest absolute Gasteiger partial charge is 0.312 e. The summed E-state index contributed by atoms with van der Waals surface area (Å²) in [6.45, 7) is 2.63. The molecule has 11 nitrogen and oxygen atoms in total. The molecule has 1 aromatic heterocycles. The number of halogens is 3. The number of carbonyl (C=O) groups excluding carboxylic acids is 3. The quantitative estimate of drug-likeness (QED) is 0.179. The molecule has 3 atom stereocenters. The van der Waals surface area contributed by atoms with E-state index in [0.29, 0.717) is 72.2 Å². The Balaban J connectivity index is 1.20. The van der Waals surface area contributed by atoms with Gasteiger partial charge in [-0.05, 0) is 74.3 Å². The standard InChI is InChI=1S/C40H45ClF2N4O7/c1-39(38(50)54-20-24-7-8-26(51-2)16-32(24)52-3)12-5-4-6-28(39)37(49)47-15-11-27-29(41)9-10-31(53-21-25-18-44-23-45-35(25)36(42)43)34(27)30(47)19-46-22-40(13-14-40)17-33(46)48/h7-10,16,18,23,28,30,36H,4-6,11-15,17,19-22H2,1-3H3/t28-,30+,39-/m0/s1. The molecule has 0 N–H and O–H groups in total. The molecule has 14 heteroatoms. The highest BCUT2D eigenvalue weighted by Crippen LogP contribution is 2.54. The van der Waals surface area contributed by atoms with E-state index in [1.807, 2.05) is 11.8 Å².